The molecule has 0 spiro atoms. The first-order valence-corrected chi connectivity index (χ1v) is 8.14. The van der Waals surface area contributed by atoms with Crippen molar-refractivity contribution in [3.05, 3.63) is 54.1 Å². The molecule has 24 heavy (non-hydrogen) atoms. The lowest BCUT2D eigenvalue weighted by Gasteiger charge is -2.32. The van der Waals surface area contributed by atoms with Gasteiger partial charge in [-0.3, -0.25) is 0 Å². The third kappa shape index (κ3) is 3.28. The van der Waals surface area contributed by atoms with Crippen LogP contribution in [0.25, 0.3) is 0 Å². The average molecular weight is 326 g/mol. The second kappa shape index (κ2) is 6.15. The highest BCUT2D eigenvalue weighted by molar-refractivity contribution is 6.63. The molecule has 0 saturated carbocycles. The van der Waals surface area contributed by atoms with E-state index in [1.54, 1.807) is 18.2 Å². The Labute approximate surface area is 143 Å². The van der Waals surface area contributed by atoms with Crippen LogP contribution >= 0.6 is 0 Å². The van der Waals surface area contributed by atoms with Crippen molar-refractivity contribution in [1.29, 1.82) is 0 Å². The lowest BCUT2D eigenvalue weighted by Crippen LogP contribution is -2.41. The van der Waals surface area contributed by atoms with Crippen LogP contribution in [0.5, 0.6) is 11.5 Å². The van der Waals surface area contributed by atoms with Crippen molar-refractivity contribution in [2.75, 3.05) is 0 Å². The summed E-state index contributed by atoms with van der Waals surface area (Å²) in [6.45, 7) is 8.49. The van der Waals surface area contributed by atoms with Crippen molar-refractivity contribution in [1.82, 2.24) is 0 Å². The zero-order chi connectivity index (χ0) is 17.4. The van der Waals surface area contributed by atoms with Crippen LogP contribution in [0.4, 0.5) is 0 Å². The smallest absolute Gasteiger partial charge is 0.498 e. The highest BCUT2D eigenvalue weighted by Crippen LogP contribution is 2.37. The van der Waals surface area contributed by atoms with E-state index in [9.17, 15) is 5.11 Å². The zero-order valence-corrected chi connectivity index (χ0v) is 14.6. The fourth-order valence-electron chi connectivity index (χ4n) is 2.58. The normalized spacial score (nSPS) is 18.6. The molecule has 0 aromatic heterocycles. The number of ether oxygens (including phenoxy) is 1. The van der Waals surface area contributed by atoms with Crippen LogP contribution in [0.15, 0.2) is 48.5 Å². The third-order valence-electron chi connectivity index (χ3n) is 4.73. The summed E-state index contributed by atoms with van der Waals surface area (Å²) in [5.74, 6) is 0.953. The molecule has 0 aliphatic carbocycles. The maximum Gasteiger partial charge on any atom is 0.498 e. The van der Waals surface area contributed by atoms with Crippen molar-refractivity contribution in [3.63, 3.8) is 0 Å². The molecule has 1 saturated heterocycles. The van der Waals surface area contributed by atoms with Crippen LogP contribution in [0.3, 0.4) is 0 Å². The minimum Gasteiger partial charge on any atom is -0.508 e. The fourth-order valence-corrected chi connectivity index (χ4v) is 2.58. The Kier molecular flexibility index (Phi) is 4.32. The molecule has 0 bridgehead atoms. The molecule has 1 aliphatic rings. The van der Waals surface area contributed by atoms with Gasteiger partial charge in [-0.15, -0.1) is 0 Å². The molecule has 0 radical (unpaired) electrons. The van der Waals surface area contributed by atoms with E-state index in [0.717, 1.165) is 16.8 Å². The monoisotopic (exact) mass is 326 g/mol. The average Bonchev–Trinajstić information content (AvgIpc) is 2.74. The molecule has 5 heteroatoms. The van der Waals surface area contributed by atoms with Crippen LogP contribution < -0.4 is 10.2 Å². The molecular formula is C19H23BO4. The summed E-state index contributed by atoms with van der Waals surface area (Å²) in [7, 11) is -0.463. The van der Waals surface area contributed by atoms with Crippen molar-refractivity contribution in [2.24, 2.45) is 0 Å². The number of aromatic hydroxyl groups is 1. The van der Waals surface area contributed by atoms with Gasteiger partial charge in [0.05, 0.1) is 11.2 Å². The minimum absolute atomic E-state index is 0.232. The first-order valence-electron chi connectivity index (χ1n) is 8.14. The van der Waals surface area contributed by atoms with Crippen LogP contribution in [-0.4, -0.2) is 23.4 Å². The molecule has 4 nitrogen and oxygen atoms in total. The van der Waals surface area contributed by atoms with Gasteiger partial charge in [-0.25, -0.2) is 0 Å². The van der Waals surface area contributed by atoms with E-state index in [1.807, 2.05) is 58.0 Å². The van der Waals surface area contributed by atoms with Gasteiger partial charge in [-0.05, 0) is 51.5 Å². The Morgan fingerprint density at radius 3 is 2.29 bits per heavy atom. The summed E-state index contributed by atoms with van der Waals surface area (Å²) >= 11 is 0. The predicted molar refractivity (Wildman–Crippen MR) is 94.6 cm³/mol. The van der Waals surface area contributed by atoms with Gasteiger partial charge >= 0.3 is 7.12 Å². The van der Waals surface area contributed by atoms with Gasteiger partial charge in [-0.2, -0.15) is 0 Å². The van der Waals surface area contributed by atoms with Crippen molar-refractivity contribution in [3.8, 4) is 11.5 Å². The molecular weight excluding hydrogens is 303 g/mol. The van der Waals surface area contributed by atoms with Gasteiger partial charge in [0.25, 0.3) is 0 Å². The molecule has 1 N–H and O–H groups in total. The number of rotatable bonds is 4. The Morgan fingerprint density at radius 2 is 1.62 bits per heavy atom. The second-order valence-electron chi connectivity index (χ2n) is 7.08. The maximum absolute atomic E-state index is 9.56. The lowest BCUT2D eigenvalue weighted by atomic mass is 9.78. The first kappa shape index (κ1) is 16.9. The van der Waals surface area contributed by atoms with Crippen LogP contribution in [-0.2, 0) is 15.9 Å². The molecule has 0 amide bonds. The Morgan fingerprint density at radius 1 is 0.958 bits per heavy atom. The van der Waals surface area contributed by atoms with Gasteiger partial charge in [0.15, 0.2) is 0 Å². The Hall–Kier alpha value is -1.98. The lowest BCUT2D eigenvalue weighted by molar-refractivity contribution is 0.00578. The van der Waals surface area contributed by atoms with Crippen LogP contribution in [0.1, 0.15) is 33.3 Å². The number of phenolic OH excluding ortho intramolecular Hbond substituents is 1. The number of benzene rings is 2. The standard InChI is InChI=1S/C19H23BO4/c1-18(2)19(3,4)24-20(23-18)16-10-5-6-11-17(16)22-13-14-8-7-9-15(21)12-14/h5-12,21H,13H2,1-4H3. The van der Waals surface area contributed by atoms with Crippen molar-refractivity contribution in [2.45, 2.75) is 45.5 Å². The van der Waals surface area contributed by atoms with E-state index in [2.05, 4.69) is 0 Å². The molecule has 2 aromatic rings. The van der Waals surface area contributed by atoms with Gasteiger partial charge in [-0.1, -0.05) is 30.3 Å². The van der Waals surface area contributed by atoms with Gasteiger partial charge < -0.3 is 19.2 Å². The minimum atomic E-state index is -0.463. The van der Waals surface area contributed by atoms with E-state index in [1.165, 1.54) is 0 Å². The van der Waals surface area contributed by atoms with Gasteiger partial charge in [0, 0.05) is 5.46 Å². The van der Waals surface area contributed by atoms with Crippen molar-refractivity contribution >= 4 is 12.6 Å². The summed E-state index contributed by atoms with van der Waals surface area (Å²) in [6, 6.07) is 14.8. The molecule has 3 rings (SSSR count). The largest absolute Gasteiger partial charge is 0.508 e. The summed E-state index contributed by atoms with van der Waals surface area (Å²) in [6.07, 6.45) is 0. The van der Waals surface area contributed by atoms with Crippen LogP contribution in [0.2, 0.25) is 0 Å². The SMILES string of the molecule is CC1(C)OB(c2ccccc2OCc2cccc(O)c2)OC1(C)C. The van der Waals surface area contributed by atoms with E-state index < -0.39 is 18.3 Å². The number of phenols is 1. The summed E-state index contributed by atoms with van der Waals surface area (Å²) < 4.78 is 18.2. The third-order valence-corrected chi connectivity index (χ3v) is 4.73. The number of hydrogen-bond acceptors (Lipinski definition) is 4. The topological polar surface area (TPSA) is 47.9 Å². The highest BCUT2D eigenvalue weighted by atomic mass is 16.7. The second-order valence-corrected chi connectivity index (χ2v) is 7.08. The predicted octanol–water partition coefficient (Wildman–Crippen LogP) is 3.27. The molecule has 126 valence electrons. The Bertz CT molecular complexity index is 711. The van der Waals surface area contributed by atoms with E-state index in [4.69, 9.17) is 14.0 Å². The summed E-state index contributed by atoms with van der Waals surface area (Å²) in [5, 5.41) is 9.56. The van der Waals surface area contributed by atoms with Gasteiger partial charge in [0.1, 0.15) is 18.1 Å². The molecule has 1 aliphatic heterocycles. The molecule has 0 unspecified atom stereocenters. The molecule has 0 atom stereocenters. The van der Waals surface area contributed by atoms with Crippen molar-refractivity contribution < 1.29 is 19.2 Å². The van der Waals surface area contributed by atoms with E-state index >= 15 is 0 Å². The molecule has 2 aromatic carbocycles. The quantitative estimate of drug-likeness (QED) is 0.876. The molecule has 1 heterocycles. The maximum atomic E-state index is 9.56. The summed E-state index contributed by atoms with van der Waals surface area (Å²) in [5.41, 5.74) is 0.987. The number of para-hydroxylation sites is 1. The van der Waals surface area contributed by atoms with Crippen LogP contribution in [0, 0.1) is 0 Å². The fraction of sp³-hybridized carbons (Fsp3) is 0.368. The highest BCUT2D eigenvalue weighted by Gasteiger charge is 2.52. The number of hydrogen-bond donors (Lipinski definition) is 1. The van der Waals surface area contributed by atoms with Gasteiger partial charge in [0.2, 0.25) is 0 Å². The Balaban J connectivity index is 1.79. The summed E-state index contributed by atoms with van der Waals surface area (Å²) in [4.78, 5) is 0. The van der Waals surface area contributed by atoms with E-state index in [0.29, 0.717) is 6.61 Å². The zero-order valence-electron chi connectivity index (χ0n) is 14.6. The first-order chi connectivity index (χ1) is 11.3. The van der Waals surface area contributed by atoms with E-state index in [-0.39, 0.29) is 5.75 Å². The molecule has 1 fully saturated rings.